The predicted molar refractivity (Wildman–Crippen MR) is 110 cm³/mol. The molecule has 9 heteroatoms. The standard InChI is InChI=1S/C20H27N5O3S/c1-16(26)29-15-20(2,3)19(27)21-18-14-25(22-28-18)24-11-9-23(10-12-24)13-17-7-5-4-6-8-17/h4-8,14H,9-13,15H2,1-3H3. The van der Waals surface area contributed by atoms with Crippen molar-refractivity contribution in [1.29, 1.82) is 0 Å². The number of aliphatic imine (C=N–C) groups is 1. The van der Waals surface area contributed by atoms with Crippen molar-refractivity contribution >= 4 is 28.7 Å². The summed E-state index contributed by atoms with van der Waals surface area (Å²) in [6, 6.07) is 10.4. The van der Waals surface area contributed by atoms with Gasteiger partial charge in [-0.05, 0) is 11.5 Å². The number of aromatic nitrogens is 2. The number of benzene rings is 1. The molecule has 0 N–H and O–H groups in total. The third-order valence-electron chi connectivity index (χ3n) is 4.76. The number of piperazine rings is 1. The molecule has 0 amide bonds. The van der Waals surface area contributed by atoms with E-state index in [1.807, 2.05) is 6.07 Å². The predicted octanol–water partition coefficient (Wildman–Crippen LogP) is 1.11. The Bertz CT molecular complexity index is 845. The average molecular weight is 418 g/mol. The van der Waals surface area contributed by atoms with Gasteiger partial charge in [-0.2, -0.15) is 5.01 Å². The van der Waals surface area contributed by atoms with Crippen LogP contribution in [0.1, 0.15) is 26.3 Å². The lowest BCUT2D eigenvalue weighted by Crippen LogP contribution is -2.65. The van der Waals surface area contributed by atoms with E-state index in [-0.39, 0.29) is 16.9 Å². The third-order valence-corrected chi connectivity index (χ3v) is 6.03. The quantitative estimate of drug-likeness (QED) is 0.379. The van der Waals surface area contributed by atoms with Gasteiger partial charge in [-0.3, -0.25) is 14.2 Å². The van der Waals surface area contributed by atoms with Gasteiger partial charge in [-0.1, -0.05) is 55.9 Å². The normalized spacial score (nSPS) is 16.2. The molecule has 0 radical (unpaired) electrons. The van der Waals surface area contributed by atoms with E-state index in [0.717, 1.165) is 44.5 Å². The van der Waals surface area contributed by atoms with Gasteiger partial charge in [-0.25, -0.2) is 4.99 Å². The zero-order valence-corrected chi connectivity index (χ0v) is 17.9. The molecule has 8 nitrogen and oxygen atoms in total. The fraction of sp³-hybridized carbons (Fsp3) is 0.500. The summed E-state index contributed by atoms with van der Waals surface area (Å²) in [5.74, 6) is 0.215. The number of hydrogen-bond acceptors (Lipinski definition) is 8. The smallest absolute Gasteiger partial charge is 0.324 e. The first-order valence-electron chi connectivity index (χ1n) is 9.63. The second kappa shape index (κ2) is 9.41. The SMILES string of the molecule is CC(=O)SCC(C)(C)C([O-])=Nc1c[n+](N2CCN(Cc3ccccc3)CC2)no1. The van der Waals surface area contributed by atoms with E-state index in [0.29, 0.717) is 5.75 Å². The maximum atomic E-state index is 12.4. The lowest BCUT2D eigenvalue weighted by Gasteiger charge is -2.30. The van der Waals surface area contributed by atoms with Gasteiger partial charge in [-0.15, -0.1) is 0 Å². The van der Waals surface area contributed by atoms with Gasteiger partial charge in [0.15, 0.2) is 5.12 Å². The zero-order valence-electron chi connectivity index (χ0n) is 17.1. The van der Waals surface area contributed by atoms with Crippen molar-refractivity contribution in [2.45, 2.75) is 27.3 Å². The highest BCUT2D eigenvalue weighted by Crippen LogP contribution is 2.24. The van der Waals surface area contributed by atoms with Crippen LogP contribution < -0.4 is 14.9 Å². The van der Waals surface area contributed by atoms with Gasteiger partial charge in [0.25, 0.3) is 6.20 Å². The van der Waals surface area contributed by atoms with Gasteiger partial charge in [0, 0.05) is 37.7 Å². The molecule has 0 saturated carbocycles. The Morgan fingerprint density at radius 3 is 2.62 bits per heavy atom. The molecular formula is C20H27N5O3S. The molecule has 0 unspecified atom stereocenters. The van der Waals surface area contributed by atoms with Crippen LogP contribution in [-0.4, -0.2) is 53.1 Å². The number of hydrogen-bond donors (Lipinski definition) is 0. The molecule has 1 aromatic carbocycles. The minimum Gasteiger partial charge on any atom is -0.861 e. The molecule has 0 atom stereocenters. The van der Waals surface area contributed by atoms with Crippen LogP contribution in [0.25, 0.3) is 0 Å². The van der Waals surface area contributed by atoms with Crippen LogP contribution in [0.3, 0.4) is 0 Å². The van der Waals surface area contributed by atoms with E-state index in [4.69, 9.17) is 4.52 Å². The molecule has 156 valence electrons. The summed E-state index contributed by atoms with van der Waals surface area (Å²) in [7, 11) is 0. The molecule has 1 aliphatic rings. The van der Waals surface area contributed by atoms with Crippen molar-refractivity contribution in [1.82, 2.24) is 10.2 Å². The van der Waals surface area contributed by atoms with Crippen molar-refractivity contribution in [3.63, 3.8) is 0 Å². The van der Waals surface area contributed by atoms with Crippen molar-refractivity contribution < 1.29 is 19.2 Å². The summed E-state index contributed by atoms with van der Waals surface area (Å²) in [6.45, 7) is 9.39. The van der Waals surface area contributed by atoms with Crippen molar-refractivity contribution in [2.24, 2.45) is 10.4 Å². The maximum Gasteiger partial charge on any atom is 0.324 e. The molecule has 3 rings (SSSR count). The Morgan fingerprint density at radius 1 is 1.28 bits per heavy atom. The molecule has 1 saturated heterocycles. The monoisotopic (exact) mass is 417 g/mol. The molecule has 0 bridgehead atoms. The lowest BCUT2D eigenvalue weighted by atomic mass is 9.96. The summed E-state index contributed by atoms with van der Waals surface area (Å²) in [4.78, 5) is 19.2. The molecule has 0 spiro atoms. The number of carbonyl (C=O) groups is 1. The van der Waals surface area contributed by atoms with Crippen LogP contribution in [0.4, 0.5) is 5.88 Å². The first kappa shape index (κ1) is 21.3. The van der Waals surface area contributed by atoms with Crippen molar-refractivity contribution in [3.05, 3.63) is 42.1 Å². The van der Waals surface area contributed by atoms with E-state index in [1.54, 1.807) is 24.8 Å². The van der Waals surface area contributed by atoms with Gasteiger partial charge >= 0.3 is 5.88 Å². The summed E-state index contributed by atoms with van der Waals surface area (Å²) < 4.78 is 5.23. The highest BCUT2D eigenvalue weighted by molar-refractivity contribution is 8.13. The van der Waals surface area contributed by atoms with Crippen LogP contribution in [-0.2, 0) is 11.3 Å². The molecule has 1 fully saturated rings. The van der Waals surface area contributed by atoms with Crippen LogP contribution in [0.2, 0.25) is 0 Å². The first-order chi connectivity index (χ1) is 13.8. The lowest BCUT2D eigenvalue weighted by molar-refractivity contribution is -0.759. The van der Waals surface area contributed by atoms with Crippen LogP contribution >= 0.6 is 11.8 Å². The Hall–Kier alpha value is -2.39. The summed E-state index contributed by atoms with van der Waals surface area (Å²) in [5.41, 5.74) is 0.553. The topological polar surface area (TPSA) is 88.9 Å². The van der Waals surface area contributed by atoms with Crippen molar-refractivity contribution in [2.75, 3.05) is 36.9 Å². The second-order valence-electron chi connectivity index (χ2n) is 7.76. The van der Waals surface area contributed by atoms with Gasteiger partial charge in [0.1, 0.15) is 0 Å². The van der Waals surface area contributed by atoms with Crippen LogP contribution in [0, 0.1) is 5.41 Å². The Labute approximate surface area is 175 Å². The fourth-order valence-corrected chi connectivity index (χ4v) is 3.64. The molecule has 1 aromatic heterocycles. The minimum atomic E-state index is -0.753. The Balaban J connectivity index is 1.55. The first-order valence-corrected chi connectivity index (χ1v) is 10.6. The fourth-order valence-electron chi connectivity index (χ4n) is 2.95. The number of thioether (sulfide) groups is 1. The summed E-state index contributed by atoms with van der Waals surface area (Å²) in [5, 5.41) is 18.5. The van der Waals surface area contributed by atoms with Gasteiger partial charge in [0.2, 0.25) is 5.27 Å². The summed E-state index contributed by atoms with van der Waals surface area (Å²) in [6.07, 6.45) is 1.62. The van der Waals surface area contributed by atoms with Gasteiger partial charge in [0.05, 0.1) is 17.9 Å². The Kier molecular flexibility index (Phi) is 6.92. The van der Waals surface area contributed by atoms with E-state index >= 15 is 0 Å². The molecule has 2 aromatic rings. The van der Waals surface area contributed by atoms with E-state index < -0.39 is 5.41 Å². The molecule has 0 aliphatic carbocycles. The molecule has 29 heavy (non-hydrogen) atoms. The third kappa shape index (κ3) is 6.04. The molecular weight excluding hydrogens is 390 g/mol. The number of nitrogens with zero attached hydrogens (tertiary/aromatic N) is 5. The summed E-state index contributed by atoms with van der Waals surface area (Å²) >= 11 is 1.12. The van der Waals surface area contributed by atoms with Crippen LogP contribution in [0.15, 0.2) is 46.0 Å². The van der Waals surface area contributed by atoms with Gasteiger partial charge < -0.3 is 5.11 Å². The number of rotatable bonds is 7. The van der Waals surface area contributed by atoms with E-state index in [9.17, 15) is 9.90 Å². The molecule has 2 heterocycles. The minimum absolute atomic E-state index is 0.0187. The van der Waals surface area contributed by atoms with E-state index in [1.165, 1.54) is 12.5 Å². The number of carbonyl (C=O) groups excluding carboxylic acids is 1. The second-order valence-corrected chi connectivity index (χ2v) is 8.91. The van der Waals surface area contributed by atoms with Crippen LogP contribution in [0.5, 0.6) is 0 Å². The Morgan fingerprint density at radius 2 is 1.97 bits per heavy atom. The maximum absolute atomic E-state index is 12.4. The van der Waals surface area contributed by atoms with Crippen molar-refractivity contribution in [3.8, 4) is 0 Å². The van der Waals surface area contributed by atoms with E-state index in [2.05, 4.69) is 44.4 Å². The zero-order chi connectivity index (χ0) is 20.9. The average Bonchev–Trinajstić information content (AvgIpc) is 3.16. The highest BCUT2D eigenvalue weighted by Gasteiger charge is 2.26. The largest absolute Gasteiger partial charge is 0.861 e. The highest BCUT2D eigenvalue weighted by atomic mass is 32.2. The molecule has 1 aliphatic heterocycles.